The number of likely N-dealkylation sites (N-methyl/N-ethyl adjacent to an activating group) is 1. The molecular formula is C30H43N3O8. The fraction of sp³-hybridized carbons (Fsp3) is 0.467. The lowest BCUT2D eigenvalue weighted by Crippen LogP contribution is -2.49. The first-order valence-electron chi connectivity index (χ1n) is 13.1. The van der Waals surface area contributed by atoms with Gasteiger partial charge in [-0.2, -0.15) is 0 Å². The Morgan fingerprint density at radius 2 is 1.10 bits per heavy atom. The number of alkyl carbamates (subject to hydrolysis) is 2. The molecule has 2 rings (SSSR count). The van der Waals surface area contributed by atoms with Crippen molar-refractivity contribution in [2.45, 2.75) is 77.7 Å². The lowest BCUT2D eigenvalue weighted by atomic mass is 10.1. The van der Waals surface area contributed by atoms with E-state index in [-0.39, 0.29) is 12.3 Å². The van der Waals surface area contributed by atoms with Gasteiger partial charge in [0.1, 0.15) is 23.3 Å². The molecule has 0 aliphatic carbocycles. The van der Waals surface area contributed by atoms with Crippen LogP contribution in [0.1, 0.15) is 52.7 Å². The Morgan fingerprint density at radius 3 is 1.44 bits per heavy atom. The standard InChI is InChI=1S/C16H24N2O4.C14H19NO4/c1-16(2,3)22-15(20)17-13(14(19)18(4)21-5)11-12-9-7-6-8-10-12;1-14(2,3)19-13(18)15-11(12(16)17)9-10-7-5-4-6-8-10/h6-10,13H,11H2,1-5H3,(H,17,20);4-8,11H,9H2,1-3H3,(H,15,18)(H,16,17)/t13-;11-/m00/s1. The van der Waals surface area contributed by atoms with Crippen LogP contribution in [0.4, 0.5) is 9.59 Å². The highest BCUT2D eigenvalue weighted by Gasteiger charge is 2.27. The molecule has 0 aromatic heterocycles. The van der Waals surface area contributed by atoms with Crippen LogP contribution in [0.15, 0.2) is 60.7 Å². The first kappa shape index (κ1) is 34.9. The normalized spacial score (nSPS) is 12.5. The zero-order chi connectivity index (χ0) is 31.2. The number of hydrogen-bond acceptors (Lipinski definition) is 7. The van der Waals surface area contributed by atoms with E-state index in [4.69, 9.17) is 19.4 Å². The molecule has 2 aromatic rings. The van der Waals surface area contributed by atoms with Gasteiger partial charge in [0.25, 0.3) is 5.91 Å². The molecule has 0 unspecified atom stereocenters. The SMILES string of the molecule is CC(C)(C)OC(=O)N[C@@H](Cc1ccccc1)C(=O)O.CON(C)C(=O)[C@H](Cc1ccccc1)NC(=O)OC(C)(C)C. The van der Waals surface area contributed by atoms with Gasteiger partial charge in [0.2, 0.25) is 0 Å². The molecule has 0 saturated carbocycles. The Bertz CT molecular complexity index is 1110. The number of amides is 3. The fourth-order valence-electron chi connectivity index (χ4n) is 3.31. The van der Waals surface area contributed by atoms with E-state index < -0.39 is 41.4 Å². The summed E-state index contributed by atoms with van der Waals surface area (Å²) in [7, 11) is 2.89. The first-order chi connectivity index (χ1) is 19.0. The van der Waals surface area contributed by atoms with Crippen LogP contribution in [0.2, 0.25) is 0 Å². The van der Waals surface area contributed by atoms with Crippen LogP contribution in [0.5, 0.6) is 0 Å². The van der Waals surface area contributed by atoms with E-state index in [1.807, 2.05) is 60.7 Å². The summed E-state index contributed by atoms with van der Waals surface area (Å²) in [6, 6.07) is 16.8. The van der Waals surface area contributed by atoms with Crippen LogP contribution in [-0.2, 0) is 36.7 Å². The lowest BCUT2D eigenvalue weighted by molar-refractivity contribution is -0.171. The summed E-state index contributed by atoms with van der Waals surface area (Å²) in [5.41, 5.74) is 0.490. The number of ether oxygens (including phenoxy) is 2. The van der Waals surface area contributed by atoms with E-state index in [0.717, 1.165) is 16.2 Å². The van der Waals surface area contributed by atoms with Gasteiger partial charge in [-0.1, -0.05) is 60.7 Å². The van der Waals surface area contributed by atoms with Crippen molar-refractivity contribution in [3.05, 3.63) is 71.8 Å². The minimum atomic E-state index is -1.09. The van der Waals surface area contributed by atoms with Crippen LogP contribution in [0, 0.1) is 0 Å². The number of hydrogen-bond donors (Lipinski definition) is 3. The van der Waals surface area contributed by atoms with Crippen molar-refractivity contribution in [3.8, 4) is 0 Å². The lowest BCUT2D eigenvalue weighted by Gasteiger charge is -2.25. The van der Waals surface area contributed by atoms with E-state index >= 15 is 0 Å². The maximum absolute atomic E-state index is 12.3. The van der Waals surface area contributed by atoms with Crippen LogP contribution >= 0.6 is 0 Å². The van der Waals surface area contributed by atoms with Crippen molar-refractivity contribution >= 4 is 24.1 Å². The topological polar surface area (TPSA) is 143 Å². The number of rotatable bonds is 9. The zero-order valence-electron chi connectivity index (χ0n) is 25.1. The molecule has 0 radical (unpaired) electrons. The molecule has 11 heteroatoms. The number of carboxylic acids is 1. The summed E-state index contributed by atoms with van der Waals surface area (Å²) in [6.45, 7) is 10.5. The minimum Gasteiger partial charge on any atom is -0.480 e. The molecule has 0 fully saturated rings. The van der Waals surface area contributed by atoms with Gasteiger partial charge in [-0.3, -0.25) is 9.63 Å². The first-order valence-corrected chi connectivity index (χ1v) is 13.1. The second kappa shape index (κ2) is 16.2. The molecule has 0 heterocycles. The Kier molecular flexibility index (Phi) is 13.8. The van der Waals surface area contributed by atoms with Crippen LogP contribution in [0.3, 0.4) is 0 Å². The minimum absolute atomic E-state index is 0.218. The Morgan fingerprint density at radius 1 is 0.732 bits per heavy atom. The molecule has 0 spiro atoms. The molecule has 0 bridgehead atoms. The van der Waals surface area contributed by atoms with Gasteiger partial charge in [0.05, 0.1) is 7.11 Å². The van der Waals surface area contributed by atoms with Crippen LogP contribution < -0.4 is 10.6 Å². The Balaban J connectivity index is 0.000000414. The van der Waals surface area contributed by atoms with Gasteiger partial charge < -0.3 is 25.2 Å². The largest absolute Gasteiger partial charge is 0.480 e. The van der Waals surface area contributed by atoms with E-state index in [2.05, 4.69) is 10.6 Å². The summed E-state index contributed by atoms with van der Waals surface area (Å²) < 4.78 is 10.3. The molecule has 2 aromatic carbocycles. The Labute approximate surface area is 242 Å². The number of carbonyl (C=O) groups excluding carboxylic acids is 3. The number of carboxylic acid groups (broad SMARTS) is 1. The third-order valence-electron chi connectivity index (χ3n) is 5.13. The summed E-state index contributed by atoms with van der Waals surface area (Å²) in [4.78, 5) is 51.8. The van der Waals surface area contributed by atoms with E-state index in [0.29, 0.717) is 6.42 Å². The van der Waals surface area contributed by atoms with Crippen LogP contribution in [-0.4, -0.2) is 71.7 Å². The van der Waals surface area contributed by atoms with Gasteiger partial charge >= 0.3 is 18.2 Å². The summed E-state index contributed by atoms with van der Waals surface area (Å²) in [6.07, 6.45) is -0.788. The maximum Gasteiger partial charge on any atom is 0.408 e. The predicted molar refractivity (Wildman–Crippen MR) is 154 cm³/mol. The van der Waals surface area contributed by atoms with Gasteiger partial charge in [-0.25, -0.2) is 19.4 Å². The average Bonchev–Trinajstić information content (AvgIpc) is 2.86. The van der Waals surface area contributed by atoms with Crippen molar-refractivity contribution in [2.24, 2.45) is 0 Å². The number of benzene rings is 2. The second-order valence-corrected chi connectivity index (χ2v) is 11.1. The van der Waals surface area contributed by atoms with Gasteiger partial charge in [0.15, 0.2) is 0 Å². The monoisotopic (exact) mass is 573 g/mol. The van der Waals surface area contributed by atoms with E-state index in [1.54, 1.807) is 41.5 Å². The summed E-state index contributed by atoms with van der Waals surface area (Å²) >= 11 is 0. The highest BCUT2D eigenvalue weighted by atomic mass is 16.7. The fourth-order valence-corrected chi connectivity index (χ4v) is 3.31. The molecule has 3 amide bonds. The smallest absolute Gasteiger partial charge is 0.408 e. The van der Waals surface area contributed by atoms with Crippen molar-refractivity contribution in [3.63, 3.8) is 0 Å². The van der Waals surface area contributed by atoms with Crippen molar-refractivity contribution < 1.29 is 38.6 Å². The second-order valence-electron chi connectivity index (χ2n) is 11.1. The van der Waals surface area contributed by atoms with Crippen molar-refractivity contribution in [2.75, 3.05) is 14.2 Å². The predicted octanol–water partition coefficient (Wildman–Crippen LogP) is 4.35. The van der Waals surface area contributed by atoms with Gasteiger partial charge in [-0.15, -0.1) is 0 Å². The molecule has 0 saturated heterocycles. The van der Waals surface area contributed by atoms with Crippen molar-refractivity contribution in [1.82, 2.24) is 15.7 Å². The molecule has 3 N–H and O–H groups in total. The van der Waals surface area contributed by atoms with Gasteiger partial charge in [-0.05, 0) is 52.7 Å². The number of hydroxylamine groups is 2. The molecule has 0 aliphatic rings. The molecule has 11 nitrogen and oxygen atoms in total. The third-order valence-corrected chi connectivity index (χ3v) is 5.13. The van der Waals surface area contributed by atoms with Crippen LogP contribution in [0.25, 0.3) is 0 Å². The number of nitrogens with one attached hydrogen (secondary N) is 2. The van der Waals surface area contributed by atoms with E-state index in [9.17, 15) is 19.2 Å². The average molecular weight is 574 g/mol. The maximum atomic E-state index is 12.3. The summed E-state index contributed by atoms with van der Waals surface area (Å²) in [5.74, 6) is -1.44. The van der Waals surface area contributed by atoms with E-state index in [1.165, 1.54) is 14.2 Å². The molecule has 0 aliphatic heterocycles. The summed E-state index contributed by atoms with van der Waals surface area (Å²) in [5, 5.41) is 15.2. The molecule has 226 valence electrons. The molecular weight excluding hydrogens is 530 g/mol. The quantitative estimate of drug-likeness (QED) is 0.376. The van der Waals surface area contributed by atoms with Gasteiger partial charge in [0, 0.05) is 19.9 Å². The highest BCUT2D eigenvalue weighted by molar-refractivity contribution is 5.85. The number of nitrogens with zero attached hydrogens (tertiary/aromatic N) is 1. The highest BCUT2D eigenvalue weighted by Crippen LogP contribution is 2.11. The Hall–Kier alpha value is -4.12. The zero-order valence-corrected chi connectivity index (χ0v) is 25.1. The number of aliphatic carboxylic acids is 1. The molecule has 41 heavy (non-hydrogen) atoms. The third kappa shape index (κ3) is 15.3. The number of carbonyl (C=O) groups is 4. The molecule has 2 atom stereocenters. The van der Waals surface area contributed by atoms with Crippen molar-refractivity contribution in [1.29, 1.82) is 0 Å².